The van der Waals surface area contributed by atoms with Crippen LogP contribution in [-0.4, -0.2) is 32.6 Å². The van der Waals surface area contributed by atoms with Gasteiger partial charge in [-0.2, -0.15) is 0 Å². The van der Waals surface area contributed by atoms with Crippen LogP contribution >= 0.6 is 22.9 Å². The molecule has 3 rings (SSSR count). The molecule has 0 atom stereocenters. The lowest BCUT2D eigenvalue weighted by molar-refractivity contribution is -0.139. The molecule has 3 aromatic rings. The largest absolute Gasteiger partial charge is 0.469 e. The lowest BCUT2D eigenvalue weighted by Crippen LogP contribution is -2.20. The van der Waals surface area contributed by atoms with E-state index in [9.17, 15) is 18.0 Å². The predicted molar refractivity (Wildman–Crippen MR) is 126 cm³/mol. The quantitative estimate of drug-likeness (QED) is 0.450. The van der Waals surface area contributed by atoms with E-state index >= 15 is 0 Å². The molecular formula is C21H22ClN3O6S2. The minimum atomic E-state index is -4.17. The summed E-state index contributed by atoms with van der Waals surface area (Å²) in [6.07, 6.45) is 0.0533. The fraction of sp³-hybridized carbons (Fsp3) is 0.286. The van der Waals surface area contributed by atoms with E-state index in [2.05, 4.69) is 15.2 Å². The van der Waals surface area contributed by atoms with Gasteiger partial charge in [0.15, 0.2) is 5.76 Å². The van der Waals surface area contributed by atoms with Gasteiger partial charge in [-0.3, -0.25) is 14.3 Å². The number of hydrogen-bond acceptors (Lipinski definition) is 8. The van der Waals surface area contributed by atoms with Crippen molar-refractivity contribution in [1.82, 2.24) is 5.16 Å². The van der Waals surface area contributed by atoms with Crippen LogP contribution < -0.4 is 10.0 Å². The van der Waals surface area contributed by atoms with E-state index in [0.717, 1.165) is 28.0 Å². The summed E-state index contributed by atoms with van der Waals surface area (Å²) in [6, 6.07) is 3.17. The van der Waals surface area contributed by atoms with Gasteiger partial charge in [-0.25, -0.2) is 8.42 Å². The summed E-state index contributed by atoms with van der Waals surface area (Å²) in [5.74, 6) is -0.913. The summed E-state index contributed by atoms with van der Waals surface area (Å²) in [5.41, 5.74) is 3.60. The molecule has 176 valence electrons. The Labute approximate surface area is 200 Å². The molecule has 0 radical (unpaired) electrons. The smallest absolute Gasteiger partial charge is 0.309 e. The molecule has 0 aliphatic heterocycles. The Morgan fingerprint density at radius 1 is 1.21 bits per heavy atom. The highest BCUT2D eigenvalue weighted by Crippen LogP contribution is 2.32. The molecule has 0 spiro atoms. The normalized spacial score (nSPS) is 11.3. The summed E-state index contributed by atoms with van der Waals surface area (Å²) in [5, 5.41) is 7.92. The van der Waals surface area contributed by atoms with Crippen molar-refractivity contribution in [3.8, 4) is 0 Å². The molecule has 0 saturated heterocycles. The molecule has 33 heavy (non-hydrogen) atoms. The minimum absolute atomic E-state index is 0.0206. The molecule has 0 fully saturated rings. The van der Waals surface area contributed by atoms with Gasteiger partial charge in [-0.05, 0) is 61.4 Å². The van der Waals surface area contributed by atoms with Gasteiger partial charge in [-0.1, -0.05) is 22.8 Å². The van der Waals surface area contributed by atoms with Crippen molar-refractivity contribution in [2.45, 2.75) is 39.0 Å². The van der Waals surface area contributed by atoms with Crippen LogP contribution in [0, 0.1) is 27.7 Å². The maximum atomic E-state index is 13.1. The van der Waals surface area contributed by atoms with E-state index in [1.165, 1.54) is 25.5 Å². The van der Waals surface area contributed by atoms with E-state index in [1.807, 2.05) is 19.9 Å². The molecule has 1 aromatic carbocycles. The third-order valence-electron chi connectivity index (χ3n) is 5.07. The molecule has 0 bridgehead atoms. The first-order valence-corrected chi connectivity index (χ1v) is 12.4. The number of carbonyl (C=O) groups excluding carboxylic acids is 2. The van der Waals surface area contributed by atoms with Crippen molar-refractivity contribution in [2.75, 3.05) is 17.1 Å². The zero-order valence-electron chi connectivity index (χ0n) is 18.5. The average Bonchev–Trinajstić information content (AvgIpc) is 3.37. The van der Waals surface area contributed by atoms with Crippen LogP contribution in [0.15, 0.2) is 26.9 Å². The van der Waals surface area contributed by atoms with Gasteiger partial charge in [0, 0.05) is 5.69 Å². The zero-order chi connectivity index (χ0) is 24.5. The molecule has 2 heterocycles. The lowest BCUT2D eigenvalue weighted by atomic mass is 9.95. The molecule has 9 nitrogen and oxygen atoms in total. The minimum Gasteiger partial charge on any atom is -0.469 e. The van der Waals surface area contributed by atoms with E-state index in [-0.39, 0.29) is 32.8 Å². The topological polar surface area (TPSA) is 128 Å². The van der Waals surface area contributed by atoms with Crippen LogP contribution in [0.5, 0.6) is 0 Å². The molecular weight excluding hydrogens is 490 g/mol. The van der Waals surface area contributed by atoms with Crippen LogP contribution in [-0.2, 0) is 26.0 Å². The van der Waals surface area contributed by atoms with Crippen LogP contribution in [0.4, 0.5) is 11.5 Å². The van der Waals surface area contributed by atoms with Crippen molar-refractivity contribution in [1.29, 1.82) is 0 Å². The molecule has 1 amide bonds. The third-order valence-corrected chi connectivity index (χ3v) is 7.93. The fourth-order valence-electron chi connectivity index (χ4n) is 3.36. The number of thiophene rings is 1. The molecule has 2 aromatic heterocycles. The highest BCUT2D eigenvalue weighted by atomic mass is 35.5. The number of nitrogens with one attached hydrogen (secondary N) is 2. The maximum absolute atomic E-state index is 13.1. The number of anilines is 2. The molecule has 0 saturated carbocycles. The second-order valence-electron chi connectivity index (χ2n) is 7.32. The summed E-state index contributed by atoms with van der Waals surface area (Å²) < 4.78 is 37.7. The number of amides is 1. The fourth-order valence-corrected chi connectivity index (χ4v) is 5.86. The standard InChI is InChI=1S/C21H22ClN3O6S2/c1-10-8-11(2)18(12(3)14(10)9-16(26)30-5)23-21(27)19-15(6-7-32-19)33(28,29)25-20-17(22)13(4)31-24-20/h6-8H,9H2,1-5H3,(H,23,27)(H,24,25). The van der Waals surface area contributed by atoms with Gasteiger partial charge in [0.05, 0.1) is 13.5 Å². The predicted octanol–water partition coefficient (Wildman–Crippen LogP) is 4.39. The van der Waals surface area contributed by atoms with Crippen molar-refractivity contribution < 1.29 is 27.3 Å². The van der Waals surface area contributed by atoms with Crippen molar-refractivity contribution in [2.24, 2.45) is 0 Å². The van der Waals surface area contributed by atoms with Crippen LogP contribution in [0.2, 0.25) is 5.02 Å². The Morgan fingerprint density at radius 2 is 1.91 bits per heavy atom. The second kappa shape index (κ2) is 9.54. The highest BCUT2D eigenvalue weighted by Gasteiger charge is 2.27. The number of sulfonamides is 1. The number of hydrogen-bond donors (Lipinski definition) is 2. The van der Waals surface area contributed by atoms with Crippen molar-refractivity contribution >= 4 is 56.3 Å². The monoisotopic (exact) mass is 511 g/mol. The van der Waals surface area contributed by atoms with Crippen LogP contribution in [0.3, 0.4) is 0 Å². The maximum Gasteiger partial charge on any atom is 0.309 e. The van der Waals surface area contributed by atoms with Gasteiger partial charge in [0.25, 0.3) is 15.9 Å². The molecule has 0 aliphatic carbocycles. The van der Waals surface area contributed by atoms with Gasteiger partial charge < -0.3 is 14.6 Å². The van der Waals surface area contributed by atoms with E-state index < -0.39 is 21.9 Å². The number of aryl methyl sites for hydroxylation is 3. The Kier molecular flexibility index (Phi) is 7.15. The average molecular weight is 512 g/mol. The summed E-state index contributed by atoms with van der Waals surface area (Å²) in [6.45, 7) is 7.02. The Balaban J connectivity index is 1.93. The molecule has 2 N–H and O–H groups in total. The molecule has 0 unspecified atom stereocenters. The number of carbonyl (C=O) groups is 2. The number of benzene rings is 1. The number of esters is 1. The SMILES string of the molecule is COC(=O)Cc1c(C)cc(C)c(NC(=O)c2sccc2S(=O)(=O)Nc2noc(C)c2Cl)c1C. The number of rotatable bonds is 7. The third kappa shape index (κ3) is 5.05. The Bertz CT molecular complexity index is 1340. The summed E-state index contributed by atoms with van der Waals surface area (Å²) in [4.78, 5) is 24.7. The molecule has 0 aliphatic rings. The number of ether oxygens (including phenoxy) is 1. The first-order valence-electron chi connectivity index (χ1n) is 9.66. The first-order chi connectivity index (χ1) is 15.5. The van der Waals surface area contributed by atoms with Gasteiger partial charge >= 0.3 is 5.97 Å². The van der Waals surface area contributed by atoms with Crippen molar-refractivity contribution in [3.05, 3.63) is 55.4 Å². The zero-order valence-corrected chi connectivity index (χ0v) is 20.9. The lowest BCUT2D eigenvalue weighted by Gasteiger charge is -2.18. The van der Waals surface area contributed by atoms with Gasteiger partial charge in [0.2, 0.25) is 5.82 Å². The van der Waals surface area contributed by atoms with Gasteiger partial charge in [-0.15, -0.1) is 11.3 Å². The number of aromatic nitrogens is 1. The highest BCUT2D eigenvalue weighted by molar-refractivity contribution is 7.93. The van der Waals surface area contributed by atoms with Crippen molar-refractivity contribution in [3.63, 3.8) is 0 Å². The first kappa shape index (κ1) is 24.7. The number of halogens is 1. The van der Waals surface area contributed by atoms with Gasteiger partial charge in [0.1, 0.15) is 14.8 Å². The Morgan fingerprint density at radius 3 is 2.52 bits per heavy atom. The second-order valence-corrected chi connectivity index (χ2v) is 10.3. The van der Waals surface area contributed by atoms with E-state index in [0.29, 0.717) is 11.3 Å². The van der Waals surface area contributed by atoms with Crippen LogP contribution in [0.1, 0.15) is 37.7 Å². The summed E-state index contributed by atoms with van der Waals surface area (Å²) in [7, 11) is -2.86. The Hall–Kier alpha value is -2.89. The number of methoxy groups -OCH3 is 1. The molecule has 12 heteroatoms. The van der Waals surface area contributed by atoms with E-state index in [1.54, 1.807) is 6.92 Å². The summed E-state index contributed by atoms with van der Waals surface area (Å²) >= 11 is 6.98. The van der Waals surface area contributed by atoms with E-state index in [4.69, 9.17) is 20.9 Å². The number of nitrogens with zero attached hydrogens (tertiary/aromatic N) is 1. The van der Waals surface area contributed by atoms with Crippen LogP contribution in [0.25, 0.3) is 0 Å².